The van der Waals surface area contributed by atoms with Gasteiger partial charge in [-0.2, -0.15) is 5.10 Å². The number of aromatic nitrogens is 2. The Balaban J connectivity index is 1.31. The first-order chi connectivity index (χ1) is 16.5. The SMILES string of the molecule is Cn1ncc(C(=O)N2CSC[C@H]2C(=O)O)c1NC(=O)OCC1c2ccccc2-c2ccccc21. The molecule has 5 rings (SSSR count). The molecule has 34 heavy (non-hydrogen) atoms. The number of carbonyl (C=O) groups excluding carboxylic acids is 2. The number of rotatable bonds is 5. The zero-order valence-corrected chi connectivity index (χ0v) is 19.1. The molecule has 2 N–H and O–H groups in total. The number of amides is 2. The summed E-state index contributed by atoms with van der Waals surface area (Å²) >= 11 is 1.36. The van der Waals surface area contributed by atoms with Gasteiger partial charge in [0.2, 0.25) is 0 Å². The summed E-state index contributed by atoms with van der Waals surface area (Å²) in [6.07, 6.45) is 0.605. The summed E-state index contributed by atoms with van der Waals surface area (Å²) in [6.45, 7) is 0.130. The molecule has 0 saturated carbocycles. The number of hydrogen-bond acceptors (Lipinski definition) is 6. The third-order valence-electron chi connectivity index (χ3n) is 6.16. The Hall–Kier alpha value is -3.79. The minimum Gasteiger partial charge on any atom is -0.480 e. The summed E-state index contributed by atoms with van der Waals surface area (Å²) in [5.41, 5.74) is 4.56. The van der Waals surface area contributed by atoms with Crippen LogP contribution in [0.2, 0.25) is 0 Å². The molecule has 0 unspecified atom stereocenters. The Morgan fingerprint density at radius 3 is 2.41 bits per heavy atom. The number of ether oxygens (including phenoxy) is 1. The zero-order chi connectivity index (χ0) is 23.8. The summed E-state index contributed by atoms with van der Waals surface area (Å²) in [5.74, 6) is -0.925. The highest BCUT2D eigenvalue weighted by molar-refractivity contribution is 7.99. The second kappa shape index (κ2) is 8.86. The molecule has 1 aliphatic carbocycles. The molecule has 10 heteroatoms. The van der Waals surface area contributed by atoms with E-state index < -0.39 is 24.0 Å². The number of carbonyl (C=O) groups is 3. The Bertz CT molecular complexity index is 1240. The molecule has 0 spiro atoms. The van der Waals surface area contributed by atoms with Crippen LogP contribution in [0.4, 0.5) is 10.6 Å². The second-order valence-electron chi connectivity index (χ2n) is 8.11. The first-order valence-electron chi connectivity index (χ1n) is 10.7. The smallest absolute Gasteiger partial charge is 0.412 e. The molecular weight excluding hydrogens is 456 g/mol. The van der Waals surface area contributed by atoms with Crippen molar-refractivity contribution >= 4 is 35.5 Å². The van der Waals surface area contributed by atoms with Crippen LogP contribution in [0.5, 0.6) is 0 Å². The van der Waals surface area contributed by atoms with Gasteiger partial charge in [-0.15, -0.1) is 11.8 Å². The lowest BCUT2D eigenvalue weighted by atomic mass is 9.98. The number of aliphatic carboxylic acids is 1. The van der Waals surface area contributed by atoms with Gasteiger partial charge in [0.15, 0.2) is 0 Å². The van der Waals surface area contributed by atoms with Gasteiger partial charge in [0, 0.05) is 18.7 Å². The summed E-state index contributed by atoms with van der Waals surface area (Å²) in [5, 5.41) is 16.1. The molecule has 2 aliphatic rings. The Kier molecular flexibility index (Phi) is 5.74. The summed E-state index contributed by atoms with van der Waals surface area (Å²) in [4.78, 5) is 38.5. The number of benzene rings is 2. The van der Waals surface area contributed by atoms with Crippen LogP contribution in [-0.2, 0) is 16.6 Å². The number of thioether (sulfide) groups is 1. The number of anilines is 1. The van der Waals surface area contributed by atoms with Crippen molar-refractivity contribution in [1.82, 2.24) is 14.7 Å². The molecule has 9 nitrogen and oxygen atoms in total. The molecule has 2 heterocycles. The van der Waals surface area contributed by atoms with E-state index in [-0.39, 0.29) is 29.8 Å². The molecular formula is C24H22N4O5S. The van der Waals surface area contributed by atoms with Gasteiger partial charge in [-0.1, -0.05) is 48.5 Å². The minimum absolute atomic E-state index is 0.0938. The maximum Gasteiger partial charge on any atom is 0.412 e. The van der Waals surface area contributed by atoms with E-state index >= 15 is 0 Å². The number of aryl methyl sites for hydroxylation is 1. The fourth-order valence-corrected chi connectivity index (χ4v) is 5.62. The molecule has 1 fully saturated rings. The monoisotopic (exact) mass is 478 g/mol. The molecule has 1 saturated heterocycles. The van der Waals surface area contributed by atoms with E-state index in [1.807, 2.05) is 36.4 Å². The molecule has 2 amide bonds. The quantitative estimate of drug-likeness (QED) is 0.578. The molecule has 0 radical (unpaired) electrons. The predicted molar refractivity (Wildman–Crippen MR) is 127 cm³/mol. The maximum absolute atomic E-state index is 13.0. The molecule has 174 valence electrons. The average molecular weight is 479 g/mol. The van der Waals surface area contributed by atoms with Gasteiger partial charge in [0.1, 0.15) is 24.0 Å². The lowest BCUT2D eigenvalue weighted by molar-refractivity contribution is -0.140. The number of hydrogen-bond donors (Lipinski definition) is 2. The summed E-state index contributed by atoms with van der Waals surface area (Å²) in [6, 6.07) is 15.2. The Morgan fingerprint density at radius 2 is 1.76 bits per heavy atom. The molecule has 1 atom stereocenters. The van der Waals surface area contributed by atoms with Gasteiger partial charge in [0.25, 0.3) is 5.91 Å². The number of carboxylic acid groups (broad SMARTS) is 1. The largest absolute Gasteiger partial charge is 0.480 e. The van der Waals surface area contributed by atoms with E-state index in [0.717, 1.165) is 22.3 Å². The van der Waals surface area contributed by atoms with Crippen LogP contribution < -0.4 is 5.32 Å². The standard InChI is InChI=1S/C24H22N4O5S/c1-27-21(18(10-25-27)22(29)28-13-34-12-20(28)23(30)31)26-24(32)33-11-19-16-8-4-2-6-14(16)15-7-3-5-9-17(15)19/h2-10,19-20H,11-13H2,1H3,(H,26,32)(H,30,31)/t20-/m0/s1. The highest BCUT2D eigenvalue weighted by atomic mass is 32.2. The van der Waals surface area contributed by atoms with Crippen LogP contribution in [0.15, 0.2) is 54.7 Å². The normalized spacial score (nSPS) is 16.7. The lowest BCUT2D eigenvalue weighted by Gasteiger charge is -2.20. The van der Waals surface area contributed by atoms with E-state index in [9.17, 15) is 19.5 Å². The van der Waals surface area contributed by atoms with E-state index in [1.54, 1.807) is 7.05 Å². The molecule has 3 aromatic rings. The summed E-state index contributed by atoms with van der Waals surface area (Å²) in [7, 11) is 1.59. The number of nitrogens with one attached hydrogen (secondary N) is 1. The Labute approximate surface area is 199 Å². The topological polar surface area (TPSA) is 114 Å². The van der Waals surface area contributed by atoms with Gasteiger partial charge in [-0.05, 0) is 22.3 Å². The van der Waals surface area contributed by atoms with Gasteiger partial charge in [-0.3, -0.25) is 14.8 Å². The van der Waals surface area contributed by atoms with E-state index in [2.05, 4.69) is 22.5 Å². The van der Waals surface area contributed by atoms with Gasteiger partial charge >= 0.3 is 12.1 Å². The first kappa shape index (κ1) is 22.0. The van der Waals surface area contributed by atoms with E-state index in [4.69, 9.17) is 4.74 Å². The van der Waals surface area contributed by atoms with Crippen LogP contribution in [0, 0.1) is 0 Å². The molecule has 1 aliphatic heterocycles. The Morgan fingerprint density at radius 1 is 1.12 bits per heavy atom. The van der Waals surface area contributed by atoms with Crippen molar-refractivity contribution in [2.24, 2.45) is 7.05 Å². The van der Waals surface area contributed by atoms with Gasteiger partial charge in [-0.25, -0.2) is 9.59 Å². The van der Waals surface area contributed by atoms with Gasteiger partial charge < -0.3 is 14.7 Å². The number of fused-ring (bicyclic) bond motifs is 3. The van der Waals surface area contributed by atoms with Crippen LogP contribution in [0.25, 0.3) is 11.1 Å². The fraction of sp³-hybridized carbons (Fsp3) is 0.250. The van der Waals surface area contributed by atoms with Crippen LogP contribution in [0.3, 0.4) is 0 Å². The van der Waals surface area contributed by atoms with Crippen molar-refractivity contribution < 1.29 is 24.2 Å². The number of carboxylic acids is 1. The fourth-order valence-electron chi connectivity index (χ4n) is 4.48. The van der Waals surface area contributed by atoms with Crippen molar-refractivity contribution in [1.29, 1.82) is 0 Å². The molecule has 1 aromatic heterocycles. The van der Waals surface area contributed by atoms with Crippen molar-refractivity contribution in [2.45, 2.75) is 12.0 Å². The zero-order valence-electron chi connectivity index (χ0n) is 18.3. The predicted octanol–water partition coefficient (Wildman–Crippen LogP) is 3.38. The van der Waals surface area contributed by atoms with Crippen molar-refractivity contribution in [2.75, 3.05) is 23.6 Å². The first-order valence-corrected chi connectivity index (χ1v) is 11.9. The third-order valence-corrected chi connectivity index (χ3v) is 7.17. The van der Waals surface area contributed by atoms with Crippen molar-refractivity contribution in [3.8, 4) is 11.1 Å². The highest BCUT2D eigenvalue weighted by Crippen LogP contribution is 2.44. The lowest BCUT2D eigenvalue weighted by Crippen LogP contribution is -2.42. The molecule has 0 bridgehead atoms. The van der Waals surface area contributed by atoms with Gasteiger partial charge in [0.05, 0.1) is 12.1 Å². The average Bonchev–Trinajstić information content (AvgIpc) is 3.54. The number of nitrogens with zero attached hydrogens (tertiary/aromatic N) is 3. The van der Waals surface area contributed by atoms with E-state index in [0.29, 0.717) is 5.75 Å². The van der Waals surface area contributed by atoms with E-state index in [1.165, 1.54) is 27.5 Å². The molecule has 2 aromatic carbocycles. The van der Waals surface area contributed by atoms with Crippen molar-refractivity contribution in [3.05, 3.63) is 71.4 Å². The summed E-state index contributed by atoms with van der Waals surface area (Å²) < 4.78 is 6.93. The third kappa shape index (κ3) is 3.79. The highest BCUT2D eigenvalue weighted by Gasteiger charge is 2.37. The maximum atomic E-state index is 13.0. The van der Waals surface area contributed by atoms with Crippen molar-refractivity contribution in [3.63, 3.8) is 0 Å². The van der Waals surface area contributed by atoms with Crippen LogP contribution >= 0.6 is 11.8 Å². The minimum atomic E-state index is -1.06. The van der Waals surface area contributed by atoms with Crippen LogP contribution in [0.1, 0.15) is 27.4 Å². The second-order valence-corrected chi connectivity index (χ2v) is 9.11. The van der Waals surface area contributed by atoms with Crippen LogP contribution in [-0.4, -0.2) is 62.0 Å².